The molecule has 0 radical (unpaired) electrons. The number of allylic oxidation sites excluding steroid dienone is 1. The maximum absolute atomic E-state index is 12.7. The highest BCUT2D eigenvalue weighted by Crippen LogP contribution is 2.68. The zero-order valence-corrected chi connectivity index (χ0v) is 18.8. The quantitative estimate of drug-likeness (QED) is 0.352. The van der Waals surface area contributed by atoms with E-state index in [1.54, 1.807) is 0 Å². The van der Waals surface area contributed by atoms with Crippen LogP contribution in [-0.4, -0.2) is 55.9 Å². The number of carbonyl (C=O) groups is 1. The molecule has 0 heterocycles. The van der Waals surface area contributed by atoms with Gasteiger partial charge in [-0.1, -0.05) is 38.4 Å². The van der Waals surface area contributed by atoms with Crippen molar-refractivity contribution in [3.8, 4) is 11.5 Å². The van der Waals surface area contributed by atoms with E-state index in [9.17, 15) is 30.3 Å². The first-order valence-corrected chi connectivity index (χ1v) is 10.8. The van der Waals surface area contributed by atoms with Gasteiger partial charge in [0.05, 0.1) is 17.2 Å². The fourth-order valence-corrected chi connectivity index (χ4v) is 6.41. The number of phenolic OH excluding ortho intramolecular Hbond substituents is 2. The number of phenols is 2. The Hall–Kier alpha value is -1.80. The molecule has 170 valence electrons. The fourth-order valence-electron chi connectivity index (χ4n) is 6.26. The number of benzene rings is 1. The van der Waals surface area contributed by atoms with Gasteiger partial charge in [-0.25, -0.2) is 4.79 Å². The van der Waals surface area contributed by atoms with E-state index in [1.165, 1.54) is 6.92 Å². The second-order valence-electron chi connectivity index (χ2n) is 10.2. The van der Waals surface area contributed by atoms with Crippen molar-refractivity contribution in [2.45, 2.75) is 58.3 Å². The monoisotopic (exact) mass is 452 g/mol. The van der Waals surface area contributed by atoms with Gasteiger partial charge in [0.25, 0.3) is 0 Å². The summed E-state index contributed by atoms with van der Waals surface area (Å²) < 4.78 is 5.42. The highest BCUT2D eigenvalue weighted by Gasteiger charge is 2.73. The summed E-state index contributed by atoms with van der Waals surface area (Å²) in [7, 11) is 0. The molecule has 8 heteroatoms. The lowest BCUT2D eigenvalue weighted by atomic mass is 9.44. The van der Waals surface area contributed by atoms with Crippen LogP contribution < -0.4 is 0 Å². The van der Waals surface area contributed by atoms with Crippen LogP contribution in [0.3, 0.4) is 0 Å². The lowest BCUT2D eigenvalue weighted by Gasteiger charge is -2.65. The zero-order valence-electron chi connectivity index (χ0n) is 18.0. The molecule has 3 aliphatic carbocycles. The van der Waals surface area contributed by atoms with E-state index in [4.69, 9.17) is 16.3 Å². The Bertz CT molecular complexity index is 987. The number of hydrogen-bond acceptors (Lipinski definition) is 7. The Morgan fingerprint density at radius 2 is 1.84 bits per heavy atom. The summed E-state index contributed by atoms with van der Waals surface area (Å²) >= 11 is 5.98. The van der Waals surface area contributed by atoms with E-state index in [1.807, 2.05) is 26.8 Å². The van der Waals surface area contributed by atoms with Gasteiger partial charge in [0.1, 0.15) is 29.3 Å². The van der Waals surface area contributed by atoms with Crippen molar-refractivity contribution in [2.24, 2.45) is 22.7 Å². The summed E-state index contributed by atoms with van der Waals surface area (Å²) in [5.74, 6) is -1.90. The minimum atomic E-state index is -1.61. The summed E-state index contributed by atoms with van der Waals surface area (Å²) in [4.78, 5) is 12.7. The third-order valence-corrected chi connectivity index (χ3v) is 8.47. The van der Waals surface area contributed by atoms with Crippen molar-refractivity contribution in [3.63, 3.8) is 0 Å². The summed E-state index contributed by atoms with van der Waals surface area (Å²) in [5.41, 5.74) is -2.29. The van der Waals surface area contributed by atoms with Crippen LogP contribution in [-0.2, 0) is 4.74 Å². The van der Waals surface area contributed by atoms with E-state index in [0.29, 0.717) is 18.4 Å². The van der Waals surface area contributed by atoms with Crippen LogP contribution in [0, 0.1) is 29.6 Å². The molecule has 5 N–H and O–H groups in total. The third-order valence-electron chi connectivity index (χ3n) is 8.00. The normalized spacial score (nSPS) is 38.0. The molecule has 2 saturated carbocycles. The SMILES string of the molecule is Cc1c(Cl)c(O)cc(O)c1C(=O)OCC1=C[C@@H]2CC(C)(C)[C@H](O)C2[C@@]2(C)C[C@@H](O)[C@@]12O. The molecule has 4 rings (SSSR count). The number of aliphatic hydroxyl groups excluding tert-OH is 2. The smallest absolute Gasteiger partial charge is 0.342 e. The number of aliphatic hydroxyl groups is 3. The summed E-state index contributed by atoms with van der Waals surface area (Å²) in [5, 5.41) is 52.7. The van der Waals surface area contributed by atoms with E-state index < -0.39 is 34.9 Å². The van der Waals surface area contributed by atoms with Crippen molar-refractivity contribution < 1.29 is 35.1 Å². The van der Waals surface area contributed by atoms with Gasteiger partial charge < -0.3 is 30.3 Å². The molecule has 7 nitrogen and oxygen atoms in total. The number of carbonyl (C=O) groups excluding carboxylic acids is 1. The molecule has 2 fully saturated rings. The number of hydrogen-bond donors (Lipinski definition) is 5. The molecule has 0 aromatic heterocycles. The maximum Gasteiger partial charge on any atom is 0.342 e. The van der Waals surface area contributed by atoms with Crippen molar-refractivity contribution in [2.75, 3.05) is 6.61 Å². The second-order valence-corrected chi connectivity index (χ2v) is 10.6. The predicted octanol–water partition coefficient (Wildman–Crippen LogP) is 2.68. The van der Waals surface area contributed by atoms with Gasteiger partial charge in [-0.3, -0.25) is 0 Å². The molecule has 31 heavy (non-hydrogen) atoms. The number of ether oxygens (including phenoxy) is 1. The number of aromatic hydroxyl groups is 2. The van der Waals surface area contributed by atoms with Crippen LogP contribution in [0.25, 0.3) is 0 Å². The average Bonchev–Trinajstić information content (AvgIpc) is 2.90. The van der Waals surface area contributed by atoms with Gasteiger partial charge in [-0.05, 0) is 42.2 Å². The second kappa shape index (κ2) is 6.85. The maximum atomic E-state index is 12.7. The number of fused-ring (bicyclic) bond motifs is 3. The van der Waals surface area contributed by atoms with Gasteiger partial charge >= 0.3 is 5.97 Å². The molecule has 0 spiro atoms. The van der Waals surface area contributed by atoms with Crippen LogP contribution >= 0.6 is 11.6 Å². The van der Waals surface area contributed by atoms with Gasteiger partial charge in [0.2, 0.25) is 0 Å². The summed E-state index contributed by atoms with van der Waals surface area (Å²) in [6, 6.07) is 0.971. The van der Waals surface area contributed by atoms with Gasteiger partial charge in [-0.15, -0.1) is 0 Å². The molecular formula is C23H29ClO7. The van der Waals surface area contributed by atoms with Crippen LogP contribution in [0.4, 0.5) is 0 Å². The molecule has 1 unspecified atom stereocenters. The highest BCUT2D eigenvalue weighted by atomic mass is 35.5. The zero-order chi connectivity index (χ0) is 23.1. The van der Waals surface area contributed by atoms with Crippen molar-refractivity contribution in [1.82, 2.24) is 0 Å². The Morgan fingerprint density at radius 1 is 1.19 bits per heavy atom. The average molecular weight is 453 g/mol. The molecule has 0 bridgehead atoms. The predicted molar refractivity (Wildman–Crippen MR) is 113 cm³/mol. The molecule has 0 amide bonds. The minimum Gasteiger partial charge on any atom is -0.507 e. The van der Waals surface area contributed by atoms with Crippen LogP contribution in [0.1, 0.15) is 49.5 Å². The topological polar surface area (TPSA) is 127 Å². The first-order valence-electron chi connectivity index (χ1n) is 10.4. The largest absolute Gasteiger partial charge is 0.507 e. The van der Waals surface area contributed by atoms with E-state index in [-0.39, 0.29) is 45.8 Å². The lowest BCUT2D eigenvalue weighted by molar-refractivity contribution is -0.261. The fraction of sp³-hybridized carbons (Fsp3) is 0.609. The van der Waals surface area contributed by atoms with Crippen molar-refractivity contribution in [1.29, 1.82) is 0 Å². The van der Waals surface area contributed by atoms with Crippen LogP contribution in [0.5, 0.6) is 11.5 Å². The molecule has 0 aliphatic heterocycles. The molecule has 1 aromatic carbocycles. The molecule has 1 aromatic rings. The Balaban J connectivity index is 1.64. The van der Waals surface area contributed by atoms with Gasteiger partial charge in [0, 0.05) is 17.4 Å². The Kier molecular flexibility index (Phi) is 4.95. The Morgan fingerprint density at radius 3 is 2.45 bits per heavy atom. The summed E-state index contributed by atoms with van der Waals surface area (Å²) in [6.07, 6.45) is 1.23. The molecule has 0 saturated heterocycles. The van der Waals surface area contributed by atoms with E-state index in [0.717, 1.165) is 6.07 Å². The number of esters is 1. The summed E-state index contributed by atoms with van der Waals surface area (Å²) in [6.45, 7) is 7.04. The minimum absolute atomic E-state index is 0.0188. The standard InChI is InChI=1S/C23H29ClO7/c1-10-16(13(25)6-14(26)18(10)24)20(29)31-9-12-5-11-7-21(2,3)19(28)17(11)22(4)8-15(27)23(12,22)30/h5-6,11,15,17,19,25-28,30H,7-9H2,1-4H3/t11-,15-,17?,19-,22-,23+/m1/s1. The Labute approximate surface area is 185 Å². The molecular weight excluding hydrogens is 424 g/mol. The van der Waals surface area contributed by atoms with Crippen molar-refractivity contribution >= 4 is 17.6 Å². The van der Waals surface area contributed by atoms with Gasteiger partial charge in [0.15, 0.2) is 0 Å². The first-order chi connectivity index (χ1) is 14.3. The molecule has 6 atom stereocenters. The van der Waals surface area contributed by atoms with E-state index >= 15 is 0 Å². The van der Waals surface area contributed by atoms with Crippen molar-refractivity contribution in [3.05, 3.63) is 33.9 Å². The number of rotatable bonds is 3. The lowest BCUT2D eigenvalue weighted by Crippen LogP contribution is -2.73. The highest BCUT2D eigenvalue weighted by molar-refractivity contribution is 6.33. The van der Waals surface area contributed by atoms with E-state index in [2.05, 4.69) is 0 Å². The third kappa shape index (κ3) is 2.86. The first kappa shape index (κ1) is 22.4. The molecule has 3 aliphatic rings. The van der Waals surface area contributed by atoms with Gasteiger partial charge in [-0.2, -0.15) is 0 Å². The van der Waals surface area contributed by atoms with Crippen LogP contribution in [0.2, 0.25) is 5.02 Å². The van der Waals surface area contributed by atoms with Crippen LogP contribution in [0.15, 0.2) is 17.7 Å². The number of halogens is 1.